The molecule has 2 aromatic rings. The number of hydrogen-bond donors (Lipinski definition) is 0. The van der Waals surface area contributed by atoms with E-state index in [2.05, 4.69) is 0 Å². The van der Waals surface area contributed by atoms with Gasteiger partial charge in [0.25, 0.3) is 0 Å². The first kappa shape index (κ1) is 23.2. The topological polar surface area (TPSA) is 66.9 Å². The summed E-state index contributed by atoms with van der Waals surface area (Å²) in [6.07, 6.45) is 1.18. The highest BCUT2D eigenvalue weighted by Crippen LogP contribution is 2.38. The largest absolute Gasteiger partial charge is 0.381 e. The lowest BCUT2D eigenvalue weighted by Crippen LogP contribution is -2.56. The van der Waals surface area contributed by atoms with Gasteiger partial charge in [-0.1, -0.05) is 29.8 Å². The summed E-state index contributed by atoms with van der Waals surface area (Å²) in [6.45, 7) is 6.19. The second-order valence-electron chi connectivity index (χ2n) is 8.65. The van der Waals surface area contributed by atoms with Crippen LogP contribution in [0.15, 0.2) is 47.4 Å². The smallest absolute Gasteiger partial charge is 0.243 e. The van der Waals surface area contributed by atoms with Crippen molar-refractivity contribution in [3.05, 3.63) is 64.2 Å². The fourth-order valence-electron chi connectivity index (χ4n) is 4.59. The van der Waals surface area contributed by atoms with Gasteiger partial charge in [-0.15, -0.1) is 0 Å². The number of ether oxygens (including phenoxy) is 1. The van der Waals surface area contributed by atoms with Crippen molar-refractivity contribution < 1.29 is 17.9 Å². The third-order valence-corrected chi connectivity index (χ3v) is 8.90. The van der Waals surface area contributed by atoms with E-state index in [1.54, 1.807) is 23.1 Å². The van der Waals surface area contributed by atoms with E-state index < -0.39 is 15.4 Å². The Labute approximate surface area is 195 Å². The molecule has 0 radical (unpaired) electrons. The maximum Gasteiger partial charge on any atom is 0.243 e. The standard InChI is InChI=1S/C24H29ClN2O4S/c1-18-6-7-22(16-19(18)2)32(29,30)27-12-10-26(11-13-27)23(28)24(8-14-31-15-9-24)20-4-3-5-21(25)17-20/h3-7,16-17H,8-15H2,1-2H3. The lowest BCUT2D eigenvalue weighted by Gasteiger charge is -2.42. The lowest BCUT2D eigenvalue weighted by molar-refractivity contribution is -0.142. The molecule has 4 rings (SSSR count). The van der Waals surface area contributed by atoms with Crippen LogP contribution in [0.25, 0.3) is 0 Å². The zero-order valence-corrected chi connectivity index (χ0v) is 20.1. The van der Waals surface area contributed by atoms with Crippen LogP contribution in [0.4, 0.5) is 0 Å². The summed E-state index contributed by atoms with van der Waals surface area (Å²) >= 11 is 6.24. The molecule has 2 aliphatic heterocycles. The van der Waals surface area contributed by atoms with Crippen LogP contribution in [-0.2, 0) is 25.0 Å². The molecular weight excluding hydrogens is 448 g/mol. The summed E-state index contributed by atoms with van der Waals surface area (Å²) in [5.74, 6) is 0.0336. The van der Waals surface area contributed by atoms with E-state index in [0.717, 1.165) is 16.7 Å². The van der Waals surface area contributed by atoms with Crippen molar-refractivity contribution in [1.82, 2.24) is 9.21 Å². The Morgan fingerprint density at radius 1 is 0.969 bits per heavy atom. The molecule has 6 nitrogen and oxygen atoms in total. The normalized spacial score (nSPS) is 19.7. The summed E-state index contributed by atoms with van der Waals surface area (Å²) in [5, 5.41) is 0.602. The minimum absolute atomic E-state index is 0.0336. The molecule has 0 aliphatic carbocycles. The van der Waals surface area contributed by atoms with Gasteiger partial charge < -0.3 is 9.64 Å². The zero-order chi connectivity index (χ0) is 22.9. The Bertz CT molecular complexity index is 1100. The van der Waals surface area contributed by atoms with Crippen LogP contribution in [0.2, 0.25) is 5.02 Å². The molecule has 1 amide bonds. The number of sulfonamides is 1. The van der Waals surface area contributed by atoms with Gasteiger partial charge in [-0.25, -0.2) is 8.42 Å². The molecule has 2 aromatic carbocycles. The van der Waals surface area contributed by atoms with Gasteiger partial charge >= 0.3 is 0 Å². The second-order valence-corrected chi connectivity index (χ2v) is 11.0. The lowest BCUT2D eigenvalue weighted by atomic mass is 9.73. The van der Waals surface area contributed by atoms with Crippen LogP contribution >= 0.6 is 11.6 Å². The Kier molecular flexibility index (Phi) is 6.63. The first-order valence-electron chi connectivity index (χ1n) is 10.9. The Morgan fingerprint density at radius 2 is 1.66 bits per heavy atom. The Balaban J connectivity index is 1.52. The van der Waals surface area contributed by atoms with E-state index in [9.17, 15) is 13.2 Å². The third-order valence-electron chi connectivity index (χ3n) is 6.77. The third kappa shape index (κ3) is 4.31. The summed E-state index contributed by atoms with van der Waals surface area (Å²) in [4.78, 5) is 15.9. The second kappa shape index (κ2) is 9.14. The summed E-state index contributed by atoms with van der Waals surface area (Å²) in [6, 6.07) is 12.7. The van der Waals surface area contributed by atoms with Gasteiger partial charge in [0.15, 0.2) is 0 Å². The number of piperazine rings is 1. The van der Waals surface area contributed by atoms with Gasteiger partial charge in [-0.05, 0) is 67.6 Å². The van der Waals surface area contributed by atoms with Crippen molar-refractivity contribution in [3.63, 3.8) is 0 Å². The number of halogens is 1. The van der Waals surface area contributed by atoms with E-state index in [4.69, 9.17) is 16.3 Å². The maximum absolute atomic E-state index is 13.8. The molecule has 0 saturated carbocycles. The molecule has 0 spiro atoms. The highest BCUT2D eigenvalue weighted by atomic mass is 35.5. The first-order valence-corrected chi connectivity index (χ1v) is 12.8. The molecule has 0 N–H and O–H groups in total. The van der Waals surface area contributed by atoms with Crippen molar-refractivity contribution in [3.8, 4) is 0 Å². The molecule has 2 aliphatic rings. The van der Waals surface area contributed by atoms with E-state index >= 15 is 0 Å². The van der Waals surface area contributed by atoms with E-state index in [1.165, 1.54) is 4.31 Å². The molecule has 2 saturated heterocycles. The average molecular weight is 477 g/mol. The van der Waals surface area contributed by atoms with Crippen LogP contribution in [0.1, 0.15) is 29.5 Å². The number of carbonyl (C=O) groups is 1. The van der Waals surface area contributed by atoms with Gasteiger partial charge in [-0.3, -0.25) is 4.79 Å². The van der Waals surface area contributed by atoms with Gasteiger partial charge in [-0.2, -0.15) is 4.31 Å². The number of aryl methyl sites for hydroxylation is 2. The summed E-state index contributed by atoms with van der Waals surface area (Å²) in [7, 11) is -3.59. The highest BCUT2D eigenvalue weighted by molar-refractivity contribution is 7.89. The van der Waals surface area contributed by atoms with E-state index in [1.807, 2.05) is 38.1 Å². The predicted molar refractivity (Wildman–Crippen MR) is 124 cm³/mol. The minimum atomic E-state index is -3.59. The van der Waals surface area contributed by atoms with Crippen molar-refractivity contribution in [2.45, 2.75) is 37.0 Å². The summed E-state index contributed by atoms with van der Waals surface area (Å²) in [5.41, 5.74) is 2.23. The van der Waals surface area contributed by atoms with E-state index in [0.29, 0.717) is 49.1 Å². The molecule has 172 valence electrons. The number of nitrogens with zero attached hydrogens (tertiary/aromatic N) is 2. The number of carbonyl (C=O) groups excluding carboxylic acids is 1. The first-order chi connectivity index (χ1) is 15.2. The molecule has 2 fully saturated rings. The molecule has 0 aromatic heterocycles. The molecule has 8 heteroatoms. The Morgan fingerprint density at radius 3 is 2.28 bits per heavy atom. The minimum Gasteiger partial charge on any atom is -0.381 e. The van der Waals surface area contributed by atoms with Crippen LogP contribution in [-0.4, -0.2) is 62.9 Å². The van der Waals surface area contributed by atoms with Crippen molar-refractivity contribution in [1.29, 1.82) is 0 Å². The maximum atomic E-state index is 13.8. The fraction of sp³-hybridized carbons (Fsp3) is 0.458. The molecule has 2 heterocycles. The van der Waals surface area contributed by atoms with Crippen LogP contribution in [0.5, 0.6) is 0 Å². The van der Waals surface area contributed by atoms with Crippen molar-refractivity contribution >= 4 is 27.5 Å². The number of hydrogen-bond acceptors (Lipinski definition) is 4. The SMILES string of the molecule is Cc1ccc(S(=O)(=O)N2CCN(C(=O)C3(c4cccc(Cl)c4)CCOCC3)CC2)cc1C. The average Bonchev–Trinajstić information content (AvgIpc) is 2.81. The Hall–Kier alpha value is -1.93. The van der Waals surface area contributed by atoms with Crippen LogP contribution < -0.4 is 0 Å². The van der Waals surface area contributed by atoms with E-state index in [-0.39, 0.29) is 19.0 Å². The summed E-state index contributed by atoms with van der Waals surface area (Å²) < 4.78 is 33.3. The zero-order valence-electron chi connectivity index (χ0n) is 18.5. The molecule has 0 atom stereocenters. The molecule has 32 heavy (non-hydrogen) atoms. The monoisotopic (exact) mass is 476 g/mol. The van der Waals surface area contributed by atoms with Crippen LogP contribution in [0.3, 0.4) is 0 Å². The number of benzene rings is 2. The molecule has 0 unspecified atom stereocenters. The fourth-order valence-corrected chi connectivity index (χ4v) is 6.29. The van der Waals surface area contributed by atoms with Gasteiger partial charge in [0.2, 0.25) is 15.9 Å². The molecular formula is C24H29ClN2O4S. The number of amides is 1. The quantitative estimate of drug-likeness (QED) is 0.677. The molecule has 0 bridgehead atoms. The van der Waals surface area contributed by atoms with Crippen LogP contribution in [0, 0.1) is 13.8 Å². The highest BCUT2D eigenvalue weighted by Gasteiger charge is 2.45. The van der Waals surface area contributed by atoms with Crippen molar-refractivity contribution in [2.75, 3.05) is 39.4 Å². The predicted octanol–water partition coefficient (Wildman–Crippen LogP) is 3.54. The van der Waals surface area contributed by atoms with Gasteiger partial charge in [0.1, 0.15) is 0 Å². The van der Waals surface area contributed by atoms with Gasteiger partial charge in [0, 0.05) is 44.4 Å². The number of rotatable bonds is 4. The van der Waals surface area contributed by atoms with Crippen molar-refractivity contribution in [2.24, 2.45) is 0 Å². The van der Waals surface area contributed by atoms with Gasteiger partial charge in [0.05, 0.1) is 10.3 Å².